The number of ether oxygens (including phenoxy) is 1. The van der Waals surface area contributed by atoms with Crippen LogP contribution in [0.5, 0.6) is 5.75 Å². The van der Waals surface area contributed by atoms with Crippen LogP contribution >= 0.6 is 11.6 Å². The molecule has 0 atom stereocenters. The fraction of sp³-hybridized carbons (Fsp3) is 0.0435. The van der Waals surface area contributed by atoms with Crippen LogP contribution in [0, 0.1) is 0 Å². The Bertz CT molecular complexity index is 1100. The lowest BCUT2D eigenvalue weighted by Crippen LogP contribution is -1.95. The van der Waals surface area contributed by atoms with E-state index in [4.69, 9.17) is 16.3 Å². The van der Waals surface area contributed by atoms with E-state index in [-0.39, 0.29) is 0 Å². The van der Waals surface area contributed by atoms with Gasteiger partial charge in [-0.25, -0.2) is 0 Å². The van der Waals surface area contributed by atoms with Gasteiger partial charge in [0.25, 0.3) is 0 Å². The highest BCUT2D eigenvalue weighted by atomic mass is 35.5. The molecule has 0 saturated carbocycles. The Hall–Kier alpha value is -3.37. The van der Waals surface area contributed by atoms with Crippen molar-refractivity contribution in [3.8, 4) is 5.75 Å². The Morgan fingerprint density at radius 3 is 2.61 bits per heavy atom. The van der Waals surface area contributed by atoms with Crippen LogP contribution in [0.4, 0.5) is 5.69 Å². The second-order valence-corrected chi connectivity index (χ2v) is 6.67. The SMILES string of the molecule is Clc1ccc2c(N/N=C\c3ccc(OCc4ccccc4)cc3)ccnc2c1. The van der Waals surface area contributed by atoms with Crippen molar-refractivity contribution in [2.75, 3.05) is 5.43 Å². The molecule has 4 nitrogen and oxygen atoms in total. The van der Waals surface area contributed by atoms with Gasteiger partial charge in [0.05, 0.1) is 17.4 Å². The minimum Gasteiger partial charge on any atom is -0.489 e. The van der Waals surface area contributed by atoms with Gasteiger partial charge in [0, 0.05) is 16.6 Å². The summed E-state index contributed by atoms with van der Waals surface area (Å²) in [5, 5.41) is 5.96. The van der Waals surface area contributed by atoms with Crippen LogP contribution in [0.3, 0.4) is 0 Å². The van der Waals surface area contributed by atoms with Crippen LogP contribution in [0.1, 0.15) is 11.1 Å². The number of nitrogens with one attached hydrogen (secondary N) is 1. The second-order valence-electron chi connectivity index (χ2n) is 6.23. The zero-order valence-corrected chi connectivity index (χ0v) is 15.8. The monoisotopic (exact) mass is 387 g/mol. The molecular weight excluding hydrogens is 370 g/mol. The summed E-state index contributed by atoms with van der Waals surface area (Å²) in [4.78, 5) is 4.33. The average molecular weight is 388 g/mol. The topological polar surface area (TPSA) is 46.5 Å². The molecule has 0 spiro atoms. The van der Waals surface area contributed by atoms with Crippen molar-refractivity contribution in [1.82, 2.24) is 4.98 Å². The number of benzene rings is 3. The molecular formula is C23H18ClN3O. The van der Waals surface area contributed by atoms with Crippen LogP contribution < -0.4 is 10.2 Å². The van der Waals surface area contributed by atoms with E-state index < -0.39 is 0 Å². The quantitative estimate of drug-likeness (QED) is 0.330. The van der Waals surface area contributed by atoms with Crippen molar-refractivity contribution in [3.05, 3.63) is 101 Å². The number of fused-ring (bicyclic) bond motifs is 1. The molecule has 4 rings (SSSR count). The molecule has 0 aliphatic heterocycles. The van der Waals surface area contributed by atoms with Gasteiger partial charge in [-0.2, -0.15) is 5.10 Å². The molecule has 0 aliphatic rings. The molecule has 0 fully saturated rings. The van der Waals surface area contributed by atoms with Crippen LogP contribution in [-0.4, -0.2) is 11.2 Å². The third kappa shape index (κ3) is 4.48. The van der Waals surface area contributed by atoms with Crippen molar-refractivity contribution in [1.29, 1.82) is 0 Å². The number of halogens is 1. The fourth-order valence-corrected chi connectivity index (χ4v) is 2.95. The molecule has 3 aromatic carbocycles. The maximum absolute atomic E-state index is 6.03. The molecule has 0 unspecified atom stereocenters. The van der Waals surface area contributed by atoms with Gasteiger partial charge in [-0.1, -0.05) is 41.9 Å². The first-order valence-electron chi connectivity index (χ1n) is 8.88. The summed E-state index contributed by atoms with van der Waals surface area (Å²) in [7, 11) is 0. The van der Waals surface area contributed by atoms with Gasteiger partial charge in [-0.15, -0.1) is 0 Å². The van der Waals surface area contributed by atoms with Gasteiger partial charge in [0.2, 0.25) is 0 Å². The van der Waals surface area contributed by atoms with Gasteiger partial charge in [-0.3, -0.25) is 10.4 Å². The number of rotatable bonds is 6. The first-order valence-corrected chi connectivity index (χ1v) is 9.26. The summed E-state index contributed by atoms with van der Waals surface area (Å²) in [5.74, 6) is 0.825. The largest absolute Gasteiger partial charge is 0.489 e. The van der Waals surface area contributed by atoms with Crippen LogP contribution in [0.25, 0.3) is 10.9 Å². The van der Waals surface area contributed by atoms with Gasteiger partial charge in [0.15, 0.2) is 0 Å². The van der Waals surface area contributed by atoms with E-state index in [1.54, 1.807) is 12.4 Å². The third-order valence-electron chi connectivity index (χ3n) is 4.23. The summed E-state index contributed by atoms with van der Waals surface area (Å²) >= 11 is 6.03. The zero-order chi connectivity index (χ0) is 19.2. The fourth-order valence-electron chi connectivity index (χ4n) is 2.79. The van der Waals surface area contributed by atoms with Crippen molar-refractivity contribution >= 4 is 34.4 Å². The molecule has 1 heterocycles. The smallest absolute Gasteiger partial charge is 0.119 e. The molecule has 4 aromatic rings. The molecule has 28 heavy (non-hydrogen) atoms. The number of hydrogen-bond donors (Lipinski definition) is 1. The number of pyridine rings is 1. The zero-order valence-electron chi connectivity index (χ0n) is 15.0. The van der Waals surface area contributed by atoms with E-state index >= 15 is 0 Å². The minimum atomic E-state index is 0.551. The summed E-state index contributed by atoms with van der Waals surface area (Å²) in [6.45, 7) is 0.551. The molecule has 0 radical (unpaired) electrons. The lowest BCUT2D eigenvalue weighted by Gasteiger charge is -2.07. The standard InChI is InChI=1S/C23H18ClN3O/c24-19-8-11-21-22(12-13-25-23(21)14-19)27-26-15-17-6-9-20(10-7-17)28-16-18-4-2-1-3-5-18/h1-15H,16H2,(H,25,27)/b26-15-. The summed E-state index contributed by atoms with van der Waals surface area (Å²) in [6.07, 6.45) is 3.50. The molecule has 1 N–H and O–H groups in total. The molecule has 0 amide bonds. The normalized spacial score (nSPS) is 11.0. The lowest BCUT2D eigenvalue weighted by atomic mass is 10.2. The van der Waals surface area contributed by atoms with Gasteiger partial charge >= 0.3 is 0 Å². The maximum atomic E-state index is 6.03. The van der Waals surface area contributed by atoms with Gasteiger partial charge in [0.1, 0.15) is 12.4 Å². The first-order chi connectivity index (χ1) is 13.8. The minimum absolute atomic E-state index is 0.551. The van der Waals surface area contributed by atoms with E-state index in [1.165, 1.54) is 0 Å². The van der Waals surface area contributed by atoms with E-state index in [0.717, 1.165) is 33.5 Å². The molecule has 138 valence electrons. The Balaban J connectivity index is 1.39. The molecule has 0 aliphatic carbocycles. The average Bonchev–Trinajstić information content (AvgIpc) is 2.74. The number of hydrazone groups is 1. The third-order valence-corrected chi connectivity index (χ3v) is 4.47. The number of aromatic nitrogens is 1. The van der Waals surface area contributed by atoms with E-state index in [9.17, 15) is 0 Å². The van der Waals surface area contributed by atoms with E-state index in [2.05, 4.69) is 15.5 Å². The van der Waals surface area contributed by atoms with Crippen molar-refractivity contribution < 1.29 is 4.74 Å². The molecule has 0 saturated heterocycles. The summed E-state index contributed by atoms with van der Waals surface area (Å²) in [5.41, 5.74) is 6.89. The number of hydrogen-bond acceptors (Lipinski definition) is 4. The van der Waals surface area contributed by atoms with Crippen molar-refractivity contribution in [3.63, 3.8) is 0 Å². The summed E-state index contributed by atoms with van der Waals surface area (Å²) in [6, 6.07) is 25.4. The summed E-state index contributed by atoms with van der Waals surface area (Å²) < 4.78 is 5.80. The predicted octanol–water partition coefficient (Wildman–Crippen LogP) is 5.91. The van der Waals surface area contributed by atoms with Gasteiger partial charge < -0.3 is 4.74 Å². The molecule has 1 aromatic heterocycles. The highest BCUT2D eigenvalue weighted by molar-refractivity contribution is 6.31. The first kappa shape index (κ1) is 18.0. The number of anilines is 1. The lowest BCUT2D eigenvalue weighted by molar-refractivity contribution is 0.306. The number of nitrogens with zero attached hydrogens (tertiary/aromatic N) is 2. The van der Waals surface area contributed by atoms with Crippen molar-refractivity contribution in [2.24, 2.45) is 5.10 Å². The Labute approximate surface area is 168 Å². The molecule has 5 heteroatoms. The highest BCUT2D eigenvalue weighted by Crippen LogP contribution is 2.24. The predicted molar refractivity (Wildman–Crippen MR) is 115 cm³/mol. The van der Waals surface area contributed by atoms with Crippen LogP contribution in [0.2, 0.25) is 5.02 Å². The van der Waals surface area contributed by atoms with Crippen LogP contribution in [-0.2, 0) is 6.61 Å². The highest BCUT2D eigenvalue weighted by Gasteiger charge is 2.01. The second kappa shape index (κ2) is 8.55. The van der Waals surface area contributed by atoms with Gasteiger partial charge in [-0.05, 0) is 59.7 Å². The maximum Gasteiger partial charge on any atom is 0.119 e. The Morgan fingerprint density at radius 2 is 1.79 bits per heavy atom. The van der Waals surface area contributed by atoms with E-state index in [1.807, 2.05) is 78.9 Å². The van der Waals surface area contributed by atoms with Crippen LogP contribution in [0.15, 0.2) is 90.2 Å². The van der Waals surface area contributed by atoms with Crippen molar-refractivity contribution in [2.45, 2.75) is 6.61 Å². The van der Waals surface area contributed by atoms with E-state index in [0.29, 0.717) is 11.6 Å². The molecule has 0 bridgehead atoms. The Kier molecular flexibility index (Phi) is 5.50. The Morgan fingerprint density at radius 1 is 0.964 bits per heavy atom.